The van der Waals surface area contributed by atoms with Gasteiger partial charge < -0.3 is 15.1 Å². The van der Waals surface area contributed by atoms with Crippen molar-refractivity contribution in [2.75, 3.05) is 16.8 Å². The summed E-state index contributed by atoms with van der Waals surface area (Å²) in [4.78, 5) is 37.8. The molecule has 0 unspecified atom stereocenters. The Kier molecular flexibility index (Phi) is 4.20. The molecule has 2 aliphatic rings. The van der Waals surface area contributed by atoms with Gasteiger partial charge >= 0.3 is 0 Å². The minimum absolute atomic E-state index is 0.0804. The number of anilines is 2. The number of carbonyl (C=O) groups excluding carboxylic acids is 2. The van der Waals surface area contributed by atoms with Crippen LogP contribution < -0.4 is 10.2 Å². The first-order valence-electron chi connectivity index (χ1n) is 9.49. The van der Waals surface area contributed by atoms with E-state index in [1.807, 2.05) is 42.5 Å². The van der Waals surface area contributed by atoms with E-state index in [9.17, 15) is 9.59 Å². The quantitative estimate of drug-likeness (QED) is 0.750. The van der Waals surface area contributed by atoms with Gasteiger partial charge in [-0.15, -0.1) is 0 Å². The normalized spacial score (nSPS) is 15.0. The molecule has 0 aliphatic carbocycles. The first-order valence-corrected chi connectivity index (χ1v) is 9.49. The molecule has 0 spiro atoms. The van der Waals surface area contributed by atoms with E-state index in [-0.39, 0.29) is 18.4 Å². The van der Waals surface area contributed by atoms with Crippen molar-refractivity contribution in [3.63, 3.8) is 0 Å². The van der Waals surface area contributed by atoms with Crippen molar-refractivity contribution in [2.24, 2.45) is 0 Å². The molecule has 2 amide bonds. The number of hydrogen-bond donors (Lipinski definition) is 1. The molecule has 144 valence electrons. The smallest absolute Gasteiger partial charge is 0.256 e. The second-order valence-electron chi connectivity index (χ2n) is 7.18. The number of carbonyl (C=O) groups is 2. The summed E-state index contributed by atoms with van der Waals surface area (Å²) in [5.74, 6) is 0.428. The molecule has 7 heteroatoms. The molecule has 0 radical (unpaired) electrons. The molecular weight excluding hydrogens is 366 g/mol. The van der Waals surface area contributed by atoms with Gasteiger partial charge in [-0.05, 0) is 29.3 Å². The molecular formula is C22H19N5O2. The molecule has 4 heterocycles. The maximum atomic E-state index is 13.1. The number of fused-ring (bicyclic) bond motifs is 2. The molecule has 29 heavy (non-hydrogen) atoms. The first kappa shape index (κ1) is 17.4. The third-order valence-corrected chi connectivity index (χ3v) is 5.29. The van der Waals surface area contributed by atoms with E-state index in [4.69, 9.17) is 0 Å². The third-order valence-electron chi connectivity index (χ3n) is 5.29. The van der Waals surface area contributed by atoms with Gasteiger partial charge in [0.2, 0.25) is 5.91 Å². The van der Waals surface area contributed by atoms with Gasteiger partial charge in [0.25, 0.3) is 5.91 Å². The maximum absolute atomic E-state index is 13.1. The Balaban J connectivity index is 1.44. The largest absolute Gasteiger partial charge is 0.359 e. The summed E-state index contributed by atoms with van der Waals surface area (Å²) in [5, 5.41) is 3.03. The standard InChI is InChI=1S/C22H19N5O2/c28-20-11-25-21-19(27(20)14-18-7-3-4-8-23-18)9-17(10-24-21)22(29)26-12-15-5-1-2-6-16(15)13-26/h1-10H,11-14H2,(H,24,25). The Bertz CT molecular complexity index is 1070. The average Bonchev–Trinajstić information content (AvgIpc) is 3.20. The van der Waals surface area contributed by atoms with Gasteiger partial charge in [-0.3, -0.25) is 14.6 Å². The molecule has 2 aromatic heterocycles. The van der Waals surface area contributed by atoms with Crippen LogP contribution in [0.15, 0.2) is 60.9 Å². The summed E-state index contributed by atoms with van der Waals surface area (Å²) in [7, 11) is 0. The number of pyridine rings is 2. The zero-order valence-electron chi connectivity index (χ0n) is 15.7. The van der Waals surface area contributed by atoms with E-state index in [0.717, 1.165) is 5.69 Å². The lowest BCUT2D eigenvalue weighted by molar-refractivity contribution is -0.117. The summed E-state index contributed by atoms with van der Waals surface area (Å²) >= 11 is 0. The van der Waals surface area contributed by atoms with Crippen LogP contribution in [0, 0.1) is 0 Å². The monoisotopic (exact) mass is 385 g/mol. The lowest BCUT2D eigenvalue weighted by atomic mass is 10.1. The van der Waals surface area contributed by atoms with Crippen LogP contribution >= 0.6 is 0 Å². The van der Waals surface area contributed by atoms with Crippen molar-refractivity contribution in [1.82, 2.24) is 14.9 Å². The Morgan fingerprint density at radius 1 is 1.03 bits per heavy atom. The Morgan fingerprint density at radius 2 is 1.79 bits per heavy atom. The number of nitrogens with zero attached hydrogens (tertiary/aromatic N) is 4. The van der Waals surface area contributed by atoms with E-state index in [1.54, 1.807) is 28.3 Å². The van der Waals surface area contributed by atoms with Crippen molar-refractivity contribution in [3.05, 3.63) is 83.3 Å². The SMILES string of the molecule is O=C(c1cnc2c(c1)N(Cc1ccccn1)C(=O)CN2)N1Cc2ccccc2C1. The number of rotatable bonds is 3. The van der Waals surface area contributed by atoms with Crippen LogP contribution in [0.4, 0.5) is 11.5 Å². The zero-order valence-corrected chi connectivity index (χ0v) is 15.7. The molecule has 0 atom stereocenters. The topological polar surface area (TPSA) is 78.4 Å². The van der Waals surface area contributed by atoms with Crippen LogP contribution in [0.5, 0.6) is 0 Å². The summed E-state index contributed by atoms with van der Waals surface area (Å²) in [6, 6.07) is 15.4. The second kappa shape index (κ2) is 7.01. The van der Waals surface area contributed by atoms with Gasteiger partial charge in [0.15, 0.2) is 5.82 Å². The predicted octanol–water partition coefficient (Wildman–Crippen LogP) is 2.59. The van der Waals surface area contributed by atoms with Crippen molar-refractivity contribution in [3.8, 4) is 0 Å². The lowest BCUT2D eigenvalue weighted by Crippen LogP contribution is -2.40. The Hall–Kier alpha value is -3.74. The predicted molar refractivity (Wildman–Crippen MR) is 108 cm³/mol. The molecule has 0 saturated carbocycles. The molecule has 5 rings (SSSR count). The number of amides is 2. The fourth-order valence-corrected chi connectivity index (χ4v) is 3.79. The van der Waals surface area contributed by atoms with E-state index in [1.165, 1.54) is 11.1 Å². The average molecular weight is 385 g/mol. The fourth-order valence-electron chi connectivity index (χ4n) is 3.79. The lowest BCUT2D eigenvalue weighted by Gasteiger charge is -2.29. The van der Waals surface area contributed by atoms with Gasteiger partial charge in [-0.25, -0.2) is 4.98 Å². The first-order chi connectivity index (χ1) is 14.2. The summed E-state index contributed by atoms with van der Waals surface area (Å²) in [6.07, 6.45) is 3.28. The number of aromatic nitrogens is 2. The van der Waals surface area contributed by atoms with Gasteiger partial charge in [0, 0.05) is 25.5 Å². The van der Waals surface area contributed by atoms with Gasteiger partial charge in [-0.2, -0.15) is 0 Å². The van der Waals surface area contributed by atoms with Gasteiger partial charge in [0.05, 0.1) is 30.0 Å². The summed E-state index contributed by atoms with van der Waals surface area (Å²) < 4.78 is 0. The van der Waals surface area contributed by atoms with E-state index < -0.39 is 0 Å². The molecule has 0 saturated heterocycles. The fraction of sp³-hybridized carbons (Fsp3) is 0.182. The van der Waals surface area contributed by atoms with Crippen molar-refractivity contribution in [1.29, 1.82) is 0 Å². The van der Waals surface area contributed by atoms with Crippen LogP contribution in [0.2, 0.25) is 0 Å². The highest BCUT2D eigenvalue weighted by molar-refractivity contribution is 6.04. The number of hydrogen-bond acceptors (Lipinski definition) is 5. The highest BCUT2D eigenvalue weighted by atomic mass is 16.2. The highest BCUT2D eigenvalue weighted by Gasteiger charge is 2.29. The summed E-state index contributed by atoms with van der Waals surface area (Å²) in [5.41, 5.74) is 4.19. The zero-order chi connectivity index (χ0) is 19.8. The van der Waals surface area contributed by atoms with Crippen molar-refractivity contribution >= 4 is 23.3 Å². The third kappa shape index (κ3) is 3.20. The summed E-state index contributed by atoms with van der Waals surface area (Å²) in [6.45, 7) is 1.67. The maximum Gasteiger partial charge on any atom is 0.256 e. The van der Waals surface area contributed by atoms with E-state index >= 15 is 0 Å². The molecule has 0 bridgehead atoms. The Labute approximate surface area is 168 Å². The molecule has 3 aromatic rings. The molecule has 0 fully saturated rings. The van der Waals surface area contributed by atoms with Crippen molar-refractivity contribution < 1.29 is 9.59 Å². The number of benzene rings is 1. The molecule has 2 aliphatic heterocycles. The van der Waals surface area contributed by atoms with Crippen LogP contribution in [-0.4, -0.2) is 33.2 Å². The van der Waals surface area contributed by atoms with E-state index in [0.29, 0.717) is 36.7 Å². The molecule has 1 aromatic carbocycles. The number of nitrogens with one attached hydrogen (secondary N) is 1. The van der Waals surface area contributed by atoms with Gasteiger partial charge in [0.1, 0.15) is 0 Å². The highest BCUT2D eigenvalue weighted by Crippen LogP contribution is 2.31. The Morgan fingerprint density at radius 3 is 2.52 bits per heavy atom. The van der Waals surface area contributed by atoms with Gasteiger partial charge in [-0.1, -0.05) is 30.3 Å². The minimum atomic E-state index is -0.0905. The van der Waals surface area contributed by atoms with Crippen LogP contribution in [0.3, 0.4) is 0 Å². The minimum Gasteiger partial charge on any atom is -0.359 e. The van der Waals surface area contributed by atoms with E-state index in [2.05, 4.69) is 15.3 Å². The molecule has 7 nitrogen and oxygen atoms in total. The van der Waals surface area contributed by atoms with Crippen LogP contribution in [0.1, 0.15) is 27.2 Å². The van der Waals surface area contributed by atoms with Crippen LogP contribution in [0.25, 0.3) is 0 Å². The molecule has 1 N–H and O–H groups in total. The second-order valence-corrected chi connectivity index (χ2v) is 7.18. The van der Waals surface area contributed by atoms with Crippen LogP contribution in [-0.2, 0) is 24.4 Å². The van der Waals surface area contributed by atoms with Crippen molar-refractivity contribution in [2.45, 2.75) is 19.6 Å².